The molecule has 0 radical (unpaired) electrons. The van der Waals surface area contributed by atoms with Crippen LogP contribution in [0.4, 0.5) is 0 Å². The first-order valence-electron chi connectivity index (χ1n) is 6.09. The van der Waals surface area contributed by atoms with Gasteiger partial charge in [0.05, 0.1) is 0 Å². The molecule has 80 valence electrons. The number of rotatable bonds is 0. The molecule has 0 saturated carbocycles. The summed E-state index contributed by atoms with van der Waals surface area (Å²) in [6, 6.07) is 9.57. The van der Waals surface area contributed by atoms with E-state index in [1.165, 1.54) is 18.5 Å². The summed E-state index contributed by atoms with van der Waals surface area (Å²) >= 11 is 0. The predicted octanol–water partition coefficient (Wildman–Crippen LogP) is 2.64. The Labute approximate surface area is 96.1 Å². The van der Waals surface area contributed by atoms with E-state index in [0.29, 0.717) is 6.04 Å². The smallest absolute Gasteiger partial charge is 0.0417 e. The molecule has 0 N–H and O–H groups in total. The van der Waals surface area contributed by atoms with Crippen molar-refractivity contribution < 1.29 is 0 Å². The maximum absolute atomic E-state index is 2.61. The van der Waals surface area contributed by atoms with Gasteiger partial charge in [0, 0.05) is 24.5 Å². The largest absolute Gasteiger partial charge is 0.291 e. The van der Waals surface area contributed by atoms with Crippen molar-refractivity contribution in [2.75, 3.05) is 6.54 Å². The Morgan fingerprint density at radius 3 is 3.12 bits per heavy atom. The van der Waals surface area contributed by atoms with Gasteiger partial charge in [0.15, 0.2) is 0 Å². The molecule has 2 aliphatic heterocycles. The molecule has 1 aliphatic carbocycles. The average molecular weight is 209 g/mol. The summed E-state index contributed by atoms with van der Waals surface area (Å²) in [5.74, 6) is 0. The molecule has 1 aromatic rings. The van der Waals surface area contributed by atoms with E-state index in [-0.39, 0.29) is 5.41 Å². The molecule has 2 bridgehead atoms. The van der Waals surface area contributed by atoms with Gasteiger partial charge in [-0.25, -0.2) is 0 Å². The lowest BCUT2D eigenvalue weighted by molar-refractivity contribution is 0.236. The first-order valence-corrected chi connectivity index (χ1v) is 6.09. The SMILES string of the molecule is C1=CC2N3CCC2(C=C1)c1ccccc1C3. The zero-order chi connectivity index (χ0) is 10.6. The lowest BCUT2D eigenvalue weighted by atomic mass is 9.69. The van der Waals surface area contributed by atoms with Crippen LogP contribution < -0.4 is 0 Å². The lowest BCUT2D eigenvalue weighted by Crippen LogP contribution is -2.45. The summed E-state index contributed by atoms with van der Waals surface area (Å²) < 4.78 is 0. The van der Waals surface area contributed by atoms with Crippen LogP contribution in [0.1, 0.15) is 17.5 Å². The molecule has 3 unspecified atom stereocenters. The Hall–Kier alpha value is -1.34. The van der Waals surface area contributed by atoms with E-state index in [1.807, 2.05) is 0 Å². The fourth-order valence-corrected chi connectivity index (χ4v) is 3.71. The minimum absolute atomic E-state index is 0.281. The highest BCUT2D eigenvalue weighted by molar-refractivity contribution is 5.48. The number of allylic oxidation sites excluding steroid dienone is 2. The summed E-state index contributed by atoms with van der Waals surface area (Å²) in [7, 11) is 0. The second-order valence-electron chi connectivity index (χ2n) is 5.11. The highest BCUT2D eigenvalue weighted by Crippen LogP contribution is 2.48. The second-order valence-corrected chi connectivity index (χ2v) is 5.11. The van der Waals surface area contributed by atoms with Gasteiger partial charge in [-0.15, -0.1) is 0 Å². The molecule has 16 heavy (non-hydrogen) atoms. The van der Waals surface area contributed by atoms with Gasteiger partial charge >= 0.3 is 0 Å². The van der Waals surface area contributed by atoms with E-state index in [1.54, 1.807) is 5.56 Å². The van der Waals surface area contributed by atoms with E-state index >= 15 is 0 Å². The molecule has 2 heterocycles. The third-order valence-electron chi connectivity index (χ3n) is 4.42. The van der Waals surface area contributed by atoms with Crippen LogP contribution in [0.2, 0.25) is 0 Å². The Morgan fingerprint density at radius 1 is 1.19 bits per heavy atom. The quantitative estimate of drug-likeness (QED) is 0.635. The first kappa shape index (κ1) is 8.77. The van der Waals surface area contributed by atoms with Crippen LogP contribution in [0.25, 0.3) is 0 Å². The van der Waals surface area contributed by atoms with Crippen LogP contribution in [0, 0.1) is 0 Å². The molecule has 1 aromatic carbocycles. The predicted molar refractivity (Wildman–Crippen MR) is 65.2 cm³/mol. The molecule has 4 rings (SSSR count). The molecule has 3 aliphatic rings. The molecular weight excluding hydrogens is 194 g/mol. The summed E-state index contributed by atoms with van der Waals surface area (Å²) in [5, 5.41) is 0. The maximum Gasteiger partial charge on any atom is 0.0417 e. The van der Waals surface area contributed by atoms with Gasteiger partial charge < -0.3 is 0 Å². The molecule has 1 fully saturated rings. The van der Waals surface area contributed by atoms with Crippen LogP contribution in [-0.2, 0) is 12.0 Å². The number of hydrogen-bond acceptors (Lipinski definition) is 1. The molecule has 1 heteroatoms. The van der Waals surface area contributed by atoms with Gasteiger partial charge in [0.1, 0.15) is 0 Å². The van der Waals surface area contributed by atoms with Crippen LogP contribution >= 0.6 is 0 Å². The minimum atomic E-state index is 0.281. The van der Waals surface area contributed by atoms with Crippen molar-refractivity contribution in [2.45, 2.75) is 24.4 Å². The second kappa shape index (κ2) is 2.86. The number of fused-ring (bicyclic) bond motifs is 1. The highest BCUT2D eigenvalue weighted by Gasteiger charge is 2.49. The van der Waals surface area contributed by atoms with Crippen LogP contribution in [0.3, 0.4) is 0 Å². The molecular formula is C15H15N. The average Bonchev–Trinajstić information content (AvgIpc) is 2.63. The minimum Gasteiger partial charge on any atom is -0.291 e. The van der Waals surface area contributed by atoms with Gasteiger partial charge in [0.25, 0.3) is 0 Å². The van der Waals surface area contributed by atoms with Crippen molar-refractivity contribution in [3.05, 3.63) is 59.7 Å². The van der Waals surface area contributed by atoms with Gasteiger partial charge in [-0.05, 0) is 17.5 Å². The molecule has 0 aromatic heterocycles. The fraction of sp³-hybridized carbons (Fsp3) is 0.333. The molecule has 0 spiro atoms. The third kappa shape index (κ3) is 0.903. The molecule has 1 nitrogen and oxygen atoms in total. The summed E-state index contributed by atoms with van der Waals surface area (Å²) in [6.07, 6.45) is 10.5. The Kier molecular flexibility index (Phi) is 1.57. The van der Waals surface area contributed by atoms with Gasteiger partial charge in [-0.3, -0.25) is 4.90 Å². The van der Waals surface area contributed by atoms with Crippen molar-refractivity contribution in [1.82, 2.24) is 4.90 Å². The van der Waals surface area contributed by atoms with Gasteiger partial charge in [-0.2, -0.15) is 0 Å². The lowest BCUT2D eigenvalue weighted by Gasteiger charge is -2.42. The third-order valence-corrected chi connectivity index (χ3v) is 4.42. The summed E-state index contributed by atoms with van der Waals surface area (Å²) in [4.78, 5) is 2.61. The van der Waals surface area contributed by atoms with Crippen molar-refractivity contribution in [2.24, 2.45) is 0 Å². The molecule has 3 atom stereocenters. The Bertz CT molecular complexity index is 500. The standard InChI is InChI=1S/C15H15N/c1-2-6-13-12(5-1)11-16-10-9-15(13)8-4-3-7-14(15)16/h1-8,14H,9-11H2. The first-order chi connectivity index (χ1) is 7.90. The zero-order valence-corrected chi connectivity index (χ0v) is 9.26. The van der Waals surface area contributed by atoms with Gasteiger partial charge in [0.2, 0.25) is 0 Å². The molecule has 0 amide bonds. The van der Waals surface area contributed by atoms with E-state index in [4.69, 9.17) is 0 Å². The van der Waals surface area contributed by atoms with Gasteiger partial charge in [-0.1, -0.05) is 48.6 Å². The van der Waals surface area contributed by atoms with Crippen LogP contribution in [0.15, 0.2) is 48.6 Å². The van der Waals surface area contributed by atoms with Crippen molar-refractivity contribution >= 4 is 0 Å². The van der Waals surface area contributed by atoms with Crippen LogP contribution in [0.5, 0.6) is 0 Å². The van der Waals surface area contributed by atoms with Crippen molar-refractivity contribution in [3.8, 4) is 0 Å². The van der Waals surface area contributed by atoms with Crippen molar-refractivity contribution in [3.63, 3.8) is 0 Å². The van der Waals surface area contributed by atoms with E-state index in [0.717, 1.165) is 6.54 Å². The zero-order valence-electron chi connectivity index (χ0n) is 9.26. The Morgan fingerprint density at radius 2 is 2.12 bits per heavy atom. The fourth-order valence-electron chi connectivity index (χ4n) is 3.71. The Balaban J connectivity index is 2.00. The van der Waals surface area contributed by atoms with E-state index < -0.39 is 0 Å². The van der Waals surface area contributed by atoms with E-state index in [9.17, 15) is 0 Å². The van der Waals surface area contributed by atoms with Crippen LogP contribution in [-0.4, -0.2) is 17.5 Å². The monoisotopic (exact) mass is 209 g/mol. The summed E-state index contributed by atoms with van der Waals surface area (Å²) in [5.41, 5.74) is 3.37. The summed E-state index contributed by atoms with van der Waals surface area (Å²) in [6.45, 7) is 2.36. The topological polar surface area (TPSA) is 3.24 Å². The highest BCUT2D eigenvalue weighted by atomic mass is 15.2. The normalized spacial score (nSPS) is 38.2. The molecule has 1 saturated heterocycles. The van der Waals surface area contributed by atoms with E-state index in [2.05, 4.69) is 53.5 Å². The number of nitrogens with zero attached hydrogens (tertiary/aromatic N) is 1. The number of benzene rings is 1. The van der Waals surface area contributed by atoms with Crippen molar-refractivity contribution in [1.29, 1.82) is 0 Å². The number of hydrogen-bond donors (Lipinski definition) is 0. The maximum atomic E-state index is 2.61.